The molecule has 0 N–H and O–H groups in total. The Morgan fingerprint density at radius 2 is 2.00 bits per heavy atom. The molecule has 1 amide bonds. The van der Waals surface area contributed by atoms with E-state index in [2.05, 4.69) is 43.0 Å². The van der Waals surface area contributed by atoms with Crippen LogP contribution in [0.5, 0.6) is 0 Å². The molecule has 1 saturated carbocycles. The molecule has 0 aromatic heterocycles. The lowest BCUT2D eigenvalue weighted by atomic mass is 9.91. The van der Waals surface area contributed by atoms with Crippen LogP contribution in [0.15, 0.2) is 24.3 Å². The summed E-state index contributed by atoms with van der Waals surface area (Å²) in [4.78, 5) is 14.5. The zero-order valence-electron chi connectivity index (χ0n) is 12.6. The molecule has 3 atom stereocenters. The van der Waals surface area contributed by atoms with Gasteiger partial charge in [-0.15, -0.1) is 0 Å². The summed E-state index contributed by atoms with van der Waals surface area (Å²) in [7, 11) is 0. The van der Waals surface area contributed by atoms with Gasteiger partial charge in [0, 0.05) is 19.0 Å². The highest BCUT2D eigenvalue weighted by atomic mass is 16.2. The van der Waals surface area contributed by atoms with Crippen LogP contribution in [-0.4, -0.2) is 23.9 Å². The number of rotatable bonds is 3. The molecule has 0 unspecified atom stereocenters. The third kappa shape index (κ3) is 3.05. The molecule has 0 radical (unpaired) electrons. The SMILES string of the molecule is Cc1ccc(C[C@@H]2CCCN(C(=O)[C@H]3C[C@@H]3C)C2)cc1. The number of benzene rings is 1. The maximum Gasteiger partial charge on any atom is 0.225 e. The van der Waals surface area contributed by atoms with E-state index in [0.29, 0.717) is 23.7 Å². The molecule has 0 bridgehead atoms. The van der Waals surface area contributed by atoms with Crippen LogP contribution in [0.3, 0.4) is 0 Å². The summed E-state index contributed by atoms with van der Waals surface area (Å²) < 4.78 is 0. The molecule has 1 aromatic carbocycles. The number of aryl methyl sites for hydroxylation is 1. The van der Waals surface area contributed by atoms with Gasteiger partial charge in [-0.05, 0) is 50.0 Å². The van der Waals surface area contributed by atoms with Gasteiger partial charge >= 0.3 is 0 Å². The van der Waals surface area contributed by atoms with E-state index >= 15 is 0 Å². The van der Waals surface area contributed by atoms with Crippen molar-refractivity contribution in [1.82, 2.24) is 4.90 Å². The van der Waals surface area contributed by atoms with Crippen LogP contribution >= 0.6 is 0 Å². The minimum absolute atomic E-state index is 0.341. The van der Waals surface area contributed by atoms with Crippen molar-refractivity contribution in [3.8, 4) is 0 Å². The van der Waals surface area contributed by atoms with Gasteiger partial charge in [-0.1, -0.05) is 36.8 Å². The van der Waals surface area contributed by atoms with Gasteiger partial charge < -0.3 is 4.90 Å². The van der Waals surface area contributed by atoms with Crippen LogP contribution < -0.4 is 0 Å². The Hall–Kier alpha value is -1.31. The average Bonchev–Trinajstić information content (AvgIpc) is 3.18. The highest BCUT2D eigenvalue weighted by Gasteiger charge is 2.42. The molecule has 2 heteroatoms. The molecule has 1 heterocycles. The van der Waals surface area contributed by atoms with Crippen LogP contribution in [0, 0.1) is 24.7 Å². The molecule has 2 nitrogen and oxygen atoms in total. The number of carbonyl (C=O) groups is 1. The minimum Gasteiger partial charge on any atom is -0.342 e. The standard InChI is InChI=1S/C18H25NO/c1-13-5-7-15(8-6-13)11-16-4-3-9-19(12-16)18(20)17-10-14(17)2/h5-8,14,16-17H,3-4,9-12H2,1-2H3/t14-,16-,17-/m0/s1. The normalized spacial score (nSPS) is 29.3. The molecule has 1 aromatic rings. The maximum atomic E-state index is 12.3. The zero-order valence-corrected chi connectivity index (χ0v) is 12.6. The molecule has 2 aliphatic rings. The number of hydrogen-bond acceptors (Lipinski definition) is 1. The Balaban J connectivity index is 1.57. The largest absolute Gasteiger partial charge is 0.342 e. The number of hydrogen-bond donors (Lipinski definition) is 0. The first-order chi connectivity index (χ1) is 9.63. The fourth-order valence-electron chi connectivity index (χ4n) is 3.39. The van der Waals surface area contributed by atoms with Gasteiger partial charge in [0.2, 0.25) is 5.91 Å². The van der Waals surface area contributed by atoms with Gasteiger partial charge in [0.15, 0.2) is 0 Å². The summed E-state index contributed by atoms with van der Waals surface area (Å²) in [5.41, 5.74) is 2.73. The maximum absolute atomic E-state index is 12.3. The highest BCUT2D eigenvalue weighted by Crippen LogP contribution is 2.40. The van der Waals surface area contributed by atoms with E-state index < -0.39 is 0 Å². The molecule has 0 spiro atoms. The lowest BCUT2D eigenvalue weighted by molar-refractivity contribution is -0.134. The van der Waals surface area contributed by atoms with Crippen molar-refractivity contribution in [2.45, 2.75) is 39.5 Å². The number of amides is 1. The fraction of sp³-hybridized carbons (Fsp3) is 0.611. The molecule has 20 heavy (non-hydrogen) atoms. The van der Waals surface area contributed by atoms with Gasteiger partial charge in [0.1, 0.15) is 0 Å². The topological polar surface area (TPSA) is 20.3 Å². The van der Waals surface area contributed by atoms with E-state index in [-0.39, 0.29) is 0 Å². The second-order valence-corrected chi connectivity index (χ2v) is 6.80. The van der Waals surface area contributed by atoms with E-state index in [4.69, 9.17) is 0 Å². The van der Waals surface area contributed by atoms with Gasteiger partial charge in [0.25, 0.3) is 0 Å². The Bertz CT molecular complexity index is 479. The minimum atomic E-state index is 0.341. The van der Waals surface area contributed by atoms with Gasteiger partial charge in [-0.25, -0.2) is 0 Å². The van der Waals surface area contributed by atoms with E-state index in [0.717, 1.165) is 25.9 Å². The molecule has 108 valence electrons. The Morgan fingerprint density at radius 1 is 1.30 bits per heavy atom. The van der Waals surface area contributed by atoms with E-state index in [9.17, 15) is 4.79 Å². The Labute approximate surface area is 122 Å². The van der Waals surface area contributed by atoms with Crippen LogP contribution in [0.4, 0.5) is 0 Å². The molecular formula is C18H25NO. The quantitative estimate of drug-likeness (QED) is 0.824. The second-order valence-electron chi connectivity index (χ2n) is 6.80. The lowest BCUT2D eigenvalue weighted by Gasteiger charge is -2.33. The van der Waals surface area contributed by atoms with Crippen LogP contribution in [0.25, 0.3) is 0 Å². The van der Waals surface area contributed by atoms with E-state index in [1.165, 1.54) is 24.0 Å². The first kappa shape index (κ1) is 13.7. The molecule has 3 rings (SSSR count). The van der Waals surface area contributed by atoms with E-state index in [1.54, 1.807) is 0 Å². The second kappa shape index (κ2) is 5.59. The first-order valence-corrected chi connectivity index (χ1v) is 7.98. The predicted molar refractivity (Wildman–Crippen MR) is 81.5 cm³/mol. The van der Waals surface area contributed by atoms with Gasteiger partial charge in [-0.2, -0.15) is 0 Å². The third-order valence-corrected chi connectivity index (χ3v) is 4.90. The van der Waals surface area contributed by atoms with Crippen molar-refractivity contribution < 1.29 is 4.79 Å². The van der Waals surface area contributed by atoms with Crippen molar-refractivity contribution in [1.29, 1.82) is 0 Å². The van der Waals surface area contributed by atoms with Crippen LogP contribution in [0.2, 0.25) is 0 Å². The summed E-state index contributed by atoms with van der Waals surface area (Å²) in [5.74, 6) is 2.03. The van der Waals surface area contributed by atoms with Crippen molar-refractivity contribution in [3.05, 3.63) is 35.4 Å². The van der Waals surface area contributed by atoms with Crippen molar-refractivity contribution in [3.63, 3.8) is 0 Å². The van der Waals surface area contributed by atoms with Gasteiger partial charge in [0.05, 0.1) is 0 Å². The lowest BCUT2D eigenvalue weighted by Crippen LogP contribution is -2.41. The summed E-state index contributed by atoms with van der Waals surface area (Å²) in [6.07, 6.45) is 4.66. The Kier molecular flexibility index (Phi) is 3.82. The third-order valence-electron chi connectivity index (χ3n) is 4.90. The predicted octanol–water partition coefficient (Wildman–Crippen LogP) is 3.43. The molecule has 1 aliphatic heterocycles. The summed E-state index contributed by atoms with van der Waals surface area (Å²) in [5, 5.41) is 0. The molecule has 2 fully saturated rings. The Morgan fingerprint density at radius 3 is 2.65 bits per heavy atom. The summed E-state index contributed by atoms with van der Waals surface area (Å²) in [6.45, 7) is 6.26. The highest BCUT2D eigenvalue weighted by molar-refractivity contribution is 5.81. The first-order valence-electron chi connectivity index (χ1n) is 7.98. The van der Waals surface area contributed by atoms with Gasteiger partial charge in [-0.3, -0.25) is 4.79 Å². The number of carbonyl (C=O) groups excluding carboxylic acids is 1. The van der Waals surface area contributed by atoms with Crippen LogP contribution in [0.1, 0.15) is 37.3 Å². The molecule has 1 aliphatic carbocycles. The summed E-state index contributed by atoms with van der Waals surface area (Å²) >= 11 is 0. The molecule has 1 saturated heterocycles. The van der Waals surface area contributed by atoms with Crippen molar-refractivity contribution in [2.75, 3.05) is 13.1 Å². The number of likely N-dealkylation sites (tertiary alicyclic amines) is 1. The fourth-order valence-corrected chi connectivity index (χ4v) is 3.39. The van der Waals surface area contributed by atoms with Crippen molar-refractivity contribution in [2.24, 2.45) is 17.8 Å². The summed E-state index contributed by atoms with van der Waals surface area (Å²) in [6, 6.07) is 8.85. The van der Waals surface area contributed by atoms with Crippen LogP contribution in [-0.2, 0) is 11.2 Å². The zero-order chi connectivity index (χ0) is 14.1. The molecular weight excluding hydrogens is 246 g/mol. The smallest absolute Gasteiger partial charge is 0.225 e. The monoisotopic (exact) mass is 271 g/mol. The van der Waals surface area contributed by atoms with E-state index in [1.807, 2.05) is 0 Å². The number of nitrogens with zero attached hydrogens (tertiary/aromatic N) is 1. The average molecular weight is 271 g/mol. The number of piperidine rings is 1. The van der Waals surface area contributed by atoms with Crippen molar-refractivity contribution >= 4 is 5.91 Å².